The topological polar surface area (TPSA) is 100 Å². The number of anilines is 1. The van der Waals surface area contributed by atoms with Gasteiger partial charge in [-0.2, -0.15) is 0 Å². The van der Waals surface area contributed by atoms with E-state index >= 15 is 0 Å². The van der Waals surface area contributed by atoms with Gasteiger partial charge in [-0.1, -0.05) is 6.07 Å². The lowest BCUT2D eigenvalue weighted by Crippen LogP contribution is -2.34. The molecule has 0 saturated carbocycles. The van der Waals surface area contributed by atoms with E-state index in [1.807, 2.05) is 6.92 Å². The minimum Gasteiger partial charge on any atom is -0.370 e. The average Bonchev–Trinajstić information content (AvgIpc) is 2.34. The summed E-state index contributed by atoms with van der Waals surface area (Å²) in [6, 6.07) is 5.10. The highest BCUT2D eigenvalue weighted by Crippen LogP contribution is 2.04. The van der Waals surface area contributed by atoms with Crippen LogP contribution in [0.3, 0.4) is 0 Å². The predicted octanol–water partition coefficient (Wildman–Crippen LogP) is -0.208. The monoisotopic (exact) mass is 286 g/mol. The summed E-state index contributed by atoms with van der Waals surface area (Å²) in [5.41, 5.74) is 0.290. The summed E-state index contributed by atoms with van der Waals surface area (Å²) < 4.78 is 23.9. The van der Waals surface area contributed by atoms with E-state index in [0.29, 0.717) is 5.82 Å². The molecule has 0 aliphatic heterocycles. The van der Waals surface area contributed by atoms with Crippen LogP contribution in [0, 0.1) is 0 Å². The quantitative estimate of drug-likeness (QED) is 0.602. The number of aromatic nitrogens is 1. The van der Waals surface area contributed by atoms with Crippen molar-refractivity contribution in [3.05, 3.63) is 23.9 Å². The molecular formula is C11H18N4O3S. The molecule has 1 rings (SSSR count). The Bertz CT molecular complexity index is 530. The molecule has 19 heavy (non-hydrogen) atoms. The zero-order chi connectivity index (χ0) is 14.3. The van der Waals surface area contributed by atoms with E-state index in [9.17, 15) is 13.2 Å². The second-order valence-electron chi connectivity index (χ2n) is 3.86. The molecule has 0 aromatic carbocycles. The maximum absolute atomic E-state index is 11.7. The lowest BCUT2D eigenvalue weighted by molar-refractivity contribution is 0.0949. The summed E-state index contributed by atoms with van der Waals surface area (Å²) in [5, 5.41) is 5.59. The zero-order valence-electron chi connectivity index (χ0n) is 10.9. The Labute approximate surface area is 112 Å². The first-order chi connectivity index (χ1) is 8.92. The van der Waals surface area contributed by atoms with Gasteiger partial charge in [-0.15, -0.1) is 0 Å². The Balaban J connectivity index is 2.47. The number of pyridine rings is 1. The minimum atomic E-state index is -3.23. The van der Waals surface area contributed by atoms with Gasteiger partial charge in [-0.25, -0.2) is 18.1 Å². The molecule has 0 spiro atoms. The fourth-order valence-corrected chi connectivity index (χ4v) is 1.82. The Hall–Kier alpha value is -1.67. The molecule has 0 bridgehead atoms. The molecule has 1 aromatic heterocycles. The number of hydrogen-bond donors (Lipinski definition) is 3. The minimum absolute atomic E-state index is 0.150. The maximum Gasteiger partial charge on any atom is 0.270 e. The second-order valence-corrected chi connectivity index (χ2v) is 5.69. The van der Waals surface area contributed by atoms with E-state index in [0.717, 1.165) is 12.8 Å². The Kier molecular flexibility index (Phi) is 5.71. The molecule has 0 fully saturated rings. The van der Waals surface area contributed by atoms with Gasteiger partial charge in [0, 0.05) is 19.6 Å². The summed E-state index contributed by atoms with van der Waals surface area (Å²) in [4.78, 5) is 15.9. The van der Waals surface area contributed by atoms with Gasteiger partial charge in [0.05, 0.1) is 6.26 Å². The molecule has 106 valence electrons. The highest BCUT2D eigenvalue weighted by Gasteiger charge is 2.07. The molecule has 0 atom stereocenters. The molecule has 0 aliphatic carbocycles. The van der Waals surface area contributed by atoms with Crippen molar-refractivity contribution in [3.8, 4) is 0 Å². The number of carbonyl (C=O) groups is 1. The van der Waals surface area contributed by atoms with E-state index in [1.165, 1.54) is 0 Å². The van der Waals surface area contributed by atoms with Crippen LogP contribution in [-0.4, -0.2) is 45.2 Å². The van der Waals surface area contributed by atoms with Crippen LogP contribution in [-0.2, 0) is 10.0 Å². The highest BCUT2D eigenvalue weighted by molar-refractivity contribution is 7.88. The van der Waals surface area contributed by atoms with Crippen LogP contribution in [0.15, 0.2) is 18.2 Å². The van der Waals surface area contributed by atoms with Gasteiger partial charge in [0.15, 0.2) is 0 Å². The SMILES string of the molecule is CCNc1cccc(C(=O)NCCNS(C)(=O)=O)n1. The fraction of sp³-hybridized carbons (Fsp3) is 0.455. The third kappa shape index (κ3) is 6.16. The first kappa shape index (κ1) is 15.4. The molecule has 8 heteroatoms. The summed E-state index contributed by atoms with van der Waals surface area (Å²) in [6.45, 7) is 3.01. The van der Waals surface area contributed by atoms with Gasteiger partial charge >= 0.3 is 0 Å². The average molecular weight is 286 g/mol. The van der Waals surface area contributed by atoms with Gasteiger partial charge in [-0.3, -0.25) is 4.79 Å². The normalized spacial score (nSPS) is 11.1. The Morgan fingerprint density at radius 2 is 2.05 bits per heavy atom. The molecule has 1 heterocycles. The van der Waals surface area contributed by atoms with Crippen LogP contribution in [0.25, 0.3) is 0 Å². The molecule has 7 nitrogen and oxygen atoms in total. The number of nitrogens with one attached hydrogen (secondary N) is 3. The number of rotatable bonds is 7. The summed E-state index contributed by atoms with van der Waals surface area (Å²) in [7, 11) is -3.23. The summed E-state index contributed by atoms with van der Waals surface area (Å²) >= 11 is 0. The second kappa shape index (κ2) is 7.05. The third-order valence-electron chi connectivity index (χ3n) is 2.11. The first-order valence-corrected chi connectivity index (χ1v) is 7.75. The van der Waals surface area contributed by atoms with Crippen molar-refractivity contribution in [1.82, 2.24) is 15.0 Å². The number of sulfonamides is 1. The van der Waals surface area contributed by atoms with Crippen LogP contribution >= 0.6 is 0 Å². The van der Waals surface area contributed by atoms with Crippen molar-refractivity contribution in [2.75, 3.05) is 31.2 Å². The Morgan fingerprint density at radius 1 is 1.32 bits per heavy atom. The number of carbonyl (C=O) groups excluding carboxylic acids is 1. The van der Waals surface area contributed by atoms with E-state index in [2.05, 4.69) is 20.3 Å². The largest absolute Gasteiger partial charge is 0.370 e. The van der Waals surface area contributed by atoms with E-state index in [1.54, 1.807) is 18.2 Å². The number of amides is 1. The highest BCUT2D eigenvalue weighted by atomic mass is 32.2. The van der Waals surface area contributed by atoms with Crippen LogP contribution in [0.1, 0.15) is 17.4 Å². The lowest BCUT2D eigenvalue weighted by atomic mass is 10.3. The molecule has 0 saturated heterocycles. The number of nitrogens with zero attached hydrogens (tertiary/aromatic N) is 1. The molecule has 1 amide bonds. The van der Waals surface area contributed by atoms with Crippen LogP contribution in [0.2, 0.25) is 0 Å². The smallest absolute Gasteiger partial charge is 0.270 e. The molecule has 0 radical (unpaired) electrons. The predicted molar refractivity (Wildman–Crippen MR) is 73.6 cm³/mol. The lowest BCUT2D eigenvalue weighted by Gasteiger charge is -2.07. The Morgan fingerprint density at radius 3 is 2.68 bits per heavy atom. The van der Waals surface area contributed by atoms with Gasteiger partial charge in [0.25, 0.3) is 5.91 Å². The van der Waals surface area contributed by atoms with Gasteiger partial charge in [0.2, 0.25) is 10.0 Å². The van der Waals surface area contributed by atoms with Crippen LogP contribution in [0.4, 0.5) is 5.82 Å². The van der Waals surface area contributed by atoms with Crippen molar-refractivity contribution < 1.29 is 13.2 Å². The molecule has 1 aromatic rings. The molecule has 0 unspecified atom stereocenters. The van der Waals surface area contributed by atoms with Crippen LogP contribution < -0.4 is 15.4 Å². The van der Waals surface area contributed by atoms with Crippen molar-refractivity contribution >= 4 is 21.7 Å². The van der Waals surface area contributed by atoms with Gasteiger partial charge in [0.1, 0.15) is 11.5 Å². The summed E-state index contributed by atoms with van der Waals surface area (Å²) in [6.07, 6.45) is 1.07. The first-order valence-electron chi connectivity index (χ1n) is 5.86. The van der Waals surface area contributed by atoms with Crippen molar-refractivity contribution in [3.63, 3.8) is 0 Å². The third-order valence-corrected chi connectivity index (χ3v) is 2.84. The van der Waals surface area contributed by atoms with E-state index in [-0.39, 0.29) is 24.7 Å². The van der Waals surface area contributed by atoms with E-state index in [4.69, 9.17) is 0 Å². The molecule has 3 N–H and O–H groups in total. The fourth-order valence-electron chi connectivity index (χ4n) is 1.34. The van der Waals surface area contributed by atoms with Gasteiger partial charge in [-0.05, 0) is 19.1 Å². The van der Waals surface area contributed by atoms with Gasteiger partial charge < -0.3 is 10.6 Å². The van der Waals surface area contributed by atoms with Crippen molar-refractivity contribution in [2.24, 2.45) is 0 Å². The maximum atomic E-state index is 11.7. The van der Waals surface area contributed by atoms with Crippen LogP contribution in [0.5, 0.6) is 0 Å². The number of hydrogen-bond acceptors (Lipinski definition) is 5. The molecular weight excluding hydrogens is 268 g/mol. The zero-order valence-corrected chi connectivity index (χ0v) is 11.8. The van der Waals surface area contributed by atoms with E-state index < -0.39 is 10.0 Å². The summed E-state index contributed by atoms with van der Waals surface area (Å²) in [5.74, 6) is 0.291. The standard InChI is InChI=1S/C11H18N4O3S/c1-3-12-10-6-4-5-9(15-10)11(16)13-7-8-14-19(2,17)18/h4-6,14H,3,7-8H2,1-2H3,(H,12,15)(H,13,16). The van der Waals surface area contributed by atoms with Crippen molar-refractivity contribution in [1.29, 1.82) is 0 Å². The molecule has 0 aliphatic rings. The van der Waals surface area contributed by atoms with Crippen molar-refractivity contribution in [2.45, 2.75) is 6.92 Å².